The van der Waals surface area contributed by atoms with Gasteiger partial charge >= 0.3 is 5.97 Å². The van der Waals surface area contributed by atoms with Crippen molar-refractivity contribution in [2.24, 2.45) is 4.99 Å². The van der Waals surface area contributed by atoms with Crippen molar-refractivity contribution >= 4 is 45.8 Å². The van der Waals surface area contributed by atoms with Gasteiger partial charge in [-0.2, -0.15) is 0 Å². The summed E-state index contributed by atoms with van der Waals surface area (Å²) in [6.45, 7) is 2.18. The van der Waals surface area contributed by atoms with Crippen LogP contribution in [0.1, 0.15) is 18.7 Å². The number of carbonyl (C=O) groups excluding carboxylic acids is 1. The molecular formula is C18H20BrN3O2S. The first kappa shape index (κ1) is 19.3. The van der Waals surface area contributed by atoms with Gasteiger partial charge < -0.3 is 10.1 Å². The fraction of sp³-hybridized carbons (Fsp3) is 0.222. The fourth-order valence-corrected chi connectivity index (χ4v) is 3.38. The van der Waals surface area contributed by atoms with Crippen molar-refractivity contribution in [1.29, 1.82) is 0 Å². The molecular weight excluding hydrogens is 402 g/mol. The van der Waals surface area contributed by atoms with Crippen molar-refractivity contribution in [3.8, 4) is 0 Å². The normalized spacial score (nSPS) is 17.7. The minimum atomic E-state index is -0.318. The molecule has 0 saturated carbocycles. The predicted octanol–water partition coefficient (Wildman–Crippen LogP) is 3.94. The lowest BCUT2D eigenvalue weighted by molar-refractivity contribution is -0.141. The van der Waals surface area contributed by atoms with E-state index in [1.807, 2.05) is 36.4 Å². The Morgan fingerprint density at radius 1 is 1.16 bits per heavy atom. The summed E-state index contributed by atoms with van der Waals surface area (Å²) in [5.41, 5.74) is 2.21. The average molecular weight is 422 g/mol. The van der Waals surface area contributed by atoms with Gasteiger partial charge in [0.2, 0.25) is 0 Å². The highest BCUT2D eigenvalue weighted by Crippen LogP contribution is 2.37. The van der Waals surface area contributed by atoms with E-state index in [2.05, 4.69) is 38.9 Å². The van der Waals surface area contributed by atoms with Gasteiger partial charge in [0.05, 0.1) is 12.3 Å². The maximum Gasteiger partial charge on any atom is 0.327 e. The second kappa shape index (κ2) is 9.48. The van der Waals surface area contributed by atoms with Crippen LogP contribution in [0.2, 0.25) is 0 Å². The molecule has 1 N–H and O–H groups in total. The van der Waals surface area contributed by atoms with Gasteiger partial charge in [0.25, 0.3) is 0 Å². The molecule has 1 fully saturated rings. The quantitative estimate of drug-likeness (QED) is 0.585. The first-order valence-electron chi connectivity index (χ1n) is 7.81. The molecule has 0 amide bonds. The zero-order valence-electron chi connectivity index (χ0n) is 13.8. The van der Waals surface area contributed by atoms with Gasteiger partial charge in [0.15, 0.2) is 5.17 Å². The second-order valence-corrected chi connectivity index (χ2v) is 6.10. The van der Waals surface area contributed by atoms with E-state index in [0.29, 0.717) is 11.8 Å². The van der Waals surface area contributed by atoms with Crippen LogP contribution in [0.25, 0.3) is 0 Å². The Labute approximate surface area is 162 Å². The number of rotatable bonds is 5. The Kier molecular flexibility index (Phi) is 7.33. The van der Waals surface area contributed by atoms with E-state index in [4.69, 9.17) is 4.74 Å². The molecule has 0 aliphatic carbocycles. The third kappa shape index (κ3) is 4.99. The smallest absolute Gasteiger partial charge is 0.327 e. The Morgan fingerprint density at radius 2 is 1.80 bits per heavy atom. The Bertz CT molecular complexity index is 663. The molecule has 25 heavy (non-hydrogen) atoms. The van der Waals surface area contributed by atoms with Crippen molar-refractivity contribution < 1.29 is 9.53 Å². The Balaban J connectivity index is 0.00000225. The van der Waals surface area contributed by atoms with Gasteiger partial charge in [0, 0.05) is 11.9 Å². The van der Waals surface area contributed by atoms with E-state index >= 15 is 0 Å². The van der Waals surface area contributed by atoms with Gasteiger partial charge in [-0.15, -0.1) is 17.0 Å². The van der Waals surface area contributed by atoms with E-state index in [1.165, 1.54) is 11.9 Å². The lowest BCUT2D eigenvalue weighted by atomic mass is 10.1. The van der Waals surface area contributed by atoms with Gasteiger partial charge in [0.1, 0.15) is 12.7 Å². The lowest BCUT2D eigenvalue weighted by Gasteiger charge is -2.23. The first-order chi connectivity index (χ1) is 11.8. The number of benzene rings is 2. The summed E-state index contributed by atoms with van der Waals surface area (Å²) in [6, 6.07) is 20.3. The number of carbonyl (C=O) groups is 1. The molecule has 1 heterocycles. The maximum absolute atomic E-state index is 11.5. The third-order valence-corrected chi connectivity index (χ3v) is 4.50. The molecule has 1 atom stereocenters. The minimum absolute atomic E-state index is 0. The molecule has 1 saturated heterocycles. The highest BCUT2D eigenvalue weighted by atomic mass is 79.9. The van der Waals surface area contributed by atoms with Crippen LogP contribution in [0.15, 0.2) is 65.7 Å². The number of esters is 1. The van der Waals surface area contributed by atoms with Crippen LogP contribution in [0, 0.1) is 0 Å². The van der Waals surface area contributed by atoms with Crippen molar-refractivity contribution in [3.63, 3.8) is 0 Å². The fourth-order valence-electron chi connectivity index (χ4n) is 2.40. The number of hydrogen-bond acceptors (Lipinski definition) is 5. The van der Waals surface area contributed by atoms with E-state index < -0.39 is 0 Å². The first-order valence-corrected chi connectivity index (χ1v) is 8.59. The number of aliphatic imine (C=N–C) groups is 1. The van der Waals surface area contributed by atoms with E-state index in [9.17, 15) is 4.79 Å². The lowest BCUT2D eigenvalue weighted by Crippen LogP contribution is -2.26. The highest BCUT2D eigenvalue weighted by Gasteiger charge is 2.31. The van der Waals surface area contributed by atoms with Gasteiger partial charge in [-0.25, -0.2) is 4.99 Å². The van der Waals surface area contributed by atoms with Gasteiger partial charge in [-0.1, -0.05) is 48.5 Å². The highest BCUT2D eigenvalue weighted by molar-refractivity contribution is 8.93. The molecule has 5 nitrogen and oxygen atoms in total. The number of halogens is 1. The van der Waals surface area contributed by atoms with E-state index in [-0.39, 0.29) is 35.7 Å². The van der Waals surface area contributed by atoms with Crippen molar-refractivity contribution in [1.82, 2.24) is 5.32 Å². The predicted molar refractivity (Wildman–Crippen MR) is 108 cm³/mol. The van der Waals surface area contributed by atoms with Crippen LogP contribution in [-0.2, 0) is 9.53 Å². The molecule has 0 aromatic heterocycles. The molecule has 0 spiro atoms. The summed E-state index contributed by atoms with van der Waals surface area (Å²) in [6.07, 6.45) is -0.0421. The zero-order chi connectivity index (χ0) is 16.8. The average Bonchev–Trinajstić information content (AvgIpc) is 3.06. The zero-order valence-corrected chi connectivity index (χ0v) is 16.3. The molecule has 2 aromatic rings. The largest absolute Gasteiger partial charge is 0.465 e. The molecule has 1 aliphatic heterocycles. The van der Waals surface area contributed by atoms with Crippen LogP contribution >= 0.6 is 28.9 Å². The summed E-state index contributed by atoms with van der Waals surface area (Å²) in [7, 11) is 0. The molecule has 0 radical (unpaired) electrons. The second-order valence-electron chi connectivity index (χ2n) is 5.14. The third-order valence-electron chi connectivity index (χ3n) is 3.46. The number of hydrogen-bond donors (Lipinski definition) is 1. The SMILES string of the molecule is Br.CCOC(=O)CN=C1NC(c2ccccc2)N(c2ccccc2)S1. The van der Waals surface area contributed by atoms with Crippen LogP contribution in [0.4, 0.5) is 5.69 Å². The molecule has 2 aromatic carbocycles. The number of nitrogens with one attached hydrogen (secondary N) is 1. The van der Waals surface area contributed by atoms with Gasteiger partial charge in [-0.05, 0) is 24.6 Å². The number of para-hydroxylation sites is 1. The summed E-state index contributed by atoms with van der Waals surface area (Å²) in [5, 5.41) is 4.09. The van der Waals surface area contributed by atoms with E-state index in [0.717, 1.165) is 11.3 Å². The molecule has 7 heteroatoms. The van der Waals surface area contributed by atoms with Gasteiger partial charge in [-0.3, -0.25) is 9.10 Å². The molecule has 1 unspecified atom stereocenters. The number of ether oxygens (including phenoxy) is 1. The Morgan fingerprint density at radius 3 is 2.44 bits per heavy atom. The van der Waals surface area contributed by atoms with Crippen LogP contribution in [0.3, 0.4) is 0 Å². The summed E-state index contributed by atoms with van der Waals surface area (Å²) in [4.78, 5) is 15.9. The maximum atomic E-state index is 11.5. The van der Waals surface area contributed by atoms with E-state index in [1.54, 1.807) is 6.92 Å². The summed E-state index contributed by atoms with van der Waals surface area (Å²) in [5.74, 6) is -0.318. The van der Waals surface area contributed by atoms with Crippen molar-refractivity contribution in [3.05, 3.63) is 66.2 Å². The molecule has 0 bridgehead atoms. The summed E-state index contributed by atoms with van der Waals surface area (Å²) >= 11 is 1.49. The monoisotopic (exact) mass is 421 g/mol. The van der Waals surface area contributed by atoms with Crippen molar-refractivity contribution in [2.45, 2.75) is 13.1 Å². The topological polar surface area (TPSA) is 53.9 Å². The number of amidine groups is 1. The van der Waals surface area contributed by atoms with Crippen LogP contribution in [-0.4, -0.2) is 24.3 Å². The standard InChI is InChI=1S/C18H19N3O2S.BrH/c1-2-23-16(22)13-19-18-20-17(14-9-5-3-6-10-14)21(24-18)15-11-7-4-8-12-15;/h3-12,17H,2,13H2,1H3,(H,19,20);1H. The minimum Gasteiger partial charge on any atom is -0.465 e. The van der Waals surface area contributed by atoms with Crippen LogP contribution < -0.4 is 9.62 Å². The van der Waals surface area contributed by atoms with Crippen molar-refractivity contribution in [2.75, 3.05) is 17.5 Å². The number of anilines is 1. The molecule has 3 rings (SSSR count). The molecule has 132 valence electrons. The summed E-state index contributed by atoms with van der Waals surface area (Å²) < 4.78 is 7.08. The molecule has 1 aliphatic rings. The number of nitrogens with zero attached hydrogens (tertiary/aromatic N) is 2. The Hall–Kier alpha value is -1.99. The van der Waals surface area contributed by atoms with Crippen LogP contribution in [0.5, 0.6) is 0 Å².